The van der Waals surface area contributed by atoms with E-state index in [1.54, 1.807) is 0 Å². The zero-order chi connectivity index (χ0) is 10.8. The third-order valence-electron chi connectivity index (χ3n) is 2.23. The Morgan fingerprint density at radius 3 is 2.36 bits per heavy atom. The van der Waals surface area contributed by atoms with Gasteiger partial charge in [0.15, 0.2) is 0 Å². The van der Waals surface area contributed by atoms with Gasteiger partial charge >= 0.3 is 6.18 Å². The Kier molecular flexibility index (Phi) is 3.24. The van der Waals surface area contributed by atoms with Gasteiger partial charge in [0.05, 0.1) is 6.26 Å². The lowest BCUT2D eigenvalue weighted by Gasteiger charge is -2.15. The first-order valence-electron chi connectivity index (χ1n) is 4.63. The molecule has 1 heterocycles. The summed E-state index contributed by atoms with van der Waals surface area (Å²) in [7, 11) is 0. The number of aryl methyl sites for hydroxylation is 1. The zero-order valence-electron chi connectivity index (χ0n) is 8.19. The van der Waals surface area contributed by atoms with Crippen molar-refractivity contribution in [1.82, 2.24) is 0 Å². The molecule has 0 aliphatic carbocycles. The second-order valence-electron chi connectivity index (χ2n) is 3.21. The van der Waals surface area contributed by atoms with Crippen LogP contribution < -0.4 is 0 Å². The maximum Gasteiger partial charge on any atom is 0.398 e. The van der Waals surface area contributed by atoms with Crippen molar-refractivity contribution in [2.45, 2.75) is 38.8 Å². The van der Waals surface area contributed by atoms with Gasteiger partial charge in [0.2, 0.25) is 0 Å². The first-order chi connectivity index (χ1) is 6.49. The minimum absolute atomic E-state index is 0.0141. The van der Waals surface area contributed by atoms with Crippen molar-refractivity contribution in [3.8, 4) is 0 Å². The van der Waals surface area contributed by atoms with Crippen LogP contribution in [0.3, 0.4) is 0 Å². The van der Waals surface area contributed by atoms with E-state index in [1.165, 1.54) is 19.3 Å². The fraction of sp³-hybridized carbons (Fsp3) is 0.600. The van der Waals surface area contributed by atoms with Crippen LogP contribution >= 0.6 is 0 Å². The molecule has 1 nitrogen and oxygen atoms in total. The Hall–Kier alpha value is -0.930. The molecule has 0 aromatic carbocycles. The molecule has 1 rings (SSSR count). The van der Waals surface area contributed by atoms with E-state index in [2.05, 4.69) is 0 Å². The molecule has 0 aliphatic rings. The quantitative estimate of drug-likeness (QED) is 0.731. The summed E-state index contributed by atoms with van der Waals surface area (Å²) in [5, 5.41) is 0. The Balaban J connectivity index is 2.90. The van der Waals surface area contributed by atoms with Crippen LogP contribution in [0.2, 0.25) is 0 Å². The van der Waals surface area contributed by atoms with E-state index in [4.69, 9.17) is 4.42 Å². The summed E-state index contributed by atoms with van der Waals surface area (Å²) in [6, 6.07) is 1.49. The van der Waals surface area contributed by atoms with Gasteiger partial charge in [0, 0.05) is 0 Å². The standard InChI is InChI=1S/C10H13F3O/c1-3-7-5-9(14-6-7)8(4-2)10(11,12)13/h5-6,8H,3-4H2,1-2H3/t8-/m0/s1. The van der Waals surface area contributed by atoms with Gasteiger partial charge in [-0.25, -0.2) is 0 Å². The van der Waals surface area contributed by atoms with Gasteiger partial charge in [0.1, 0.15) is 11.7 Å². The molecule has 14 heavy (non-hydrogen) atoms. The summed E-state index contributed by atoms with van der Waals surface area (Å²) >= 11 is 0. The maximum absolute atomic E-state index is 12.5. The number of hydrogen-bond acceptors (Lipinski definition) is 1. The number of alkyl halides is 3. The van der Waals surface area contributed by atoms with E-state index < -0.39 is 12.1 Å². The van der Waals surface area contributed by atoms with Crippen LogP contribution in [-0.2, 0) is 6.42 Å². The largest absolute Gasteiger partial charge is 0.468 e. The normalized spacial score (nSPS) is 14.4. The van der Waals surface area contributed by atoms with Crippen molar-refractivity contribution in [3.63, 3.8) is 0 Å². The lowest BCUT2D eigenvalue weighted by atomic mass is 10.0. The summed E-state index contributed by atoms with van der Waals surface area (Å²) in [6.07, 6.45) is -2.11. The van der Waals surface area contributed by atoms with Crippen molar-refractivity contribution in [3.05, 3.63) is 23.7 Å². The minimum atomic E-state index is -4.21. The third kappa shape index (κ3) is 2.30. The molecular formula is C10H13F3O. The number of furan rings is 1. The predicted molar refractivity (Wildman–Crippen MR) is 47.2 cm³/mol. The van der Waals surface area contributed by atoms with E-state index in [0.717, 1.165) is 5.56 Å². The van der Waals surface area contributed by atoms with Crippen LogP contribution in [0.5, 0.6) is 0 Å². The molecule has 0 aliphatic heterocycles. The summed E-state index contributed by atoms with van der Waals surface area (Å²) in [6.45, 7) is 3.38. The molecular weight excluding hydrogens is 193 g/mol. The first kappa shape index (κ1) is 11.1. The number of rotatable bonds is 3. The third-order valence-corrected chi connectivity index (χ3v) is 2.23. The second-order valence-corrected chi connectivity index (χ2v) is 3.21. The van der Waals surface area contributed by atoms with Crippen LogP contribution in [-0.4, -0.2) is 6.18 Å². The van der Waals surface area contributed by atoms with E-state index >= 15 is 0 Å². The van der Waals surface area contributed by atoms with E-state index in [-0.39, 0.29) is 12.2 Å². The van der Waals surface area contributed by atoms with Crippen molar-refractivity contribution in [2.75, 3.05) is 0 Å². The number of hydrogen-bond donors (Lipinski definition) is 0. The maximum atomic E-state index is 12.5. The fourth-order valence-electron chi connectivity index (χ4n) is 1.36. The van der Waals surface area contributed by atoms with Crippen LogP contribution in [0.25, 0.3) is 0 Å². The average molecular weight is 206 g/mol. The van der Waals surface area contributed by atoms with Gasteiger partial charge in [-0.2, -0.15) is 13.2 Å². The second kappa shape index (κ2) is 4.07. The minimum Gasteiger partial charge on any atom is -0.468 e. The predicted octanol–water partition coefficient (Wildman–Crippen LogP) is 3.90. The molecule has 1 aromatic rings. The lowest BCUT2D eigenvalue weighted by Crippen LogP contribution is -2.19. The summed E-state index contributed by atoms with van der Waals surface area (Å²) in [5.41, 5.74) is 0.808. The highest BCUT2D eigenvalue weighted by Gasteiger charge is 2.41. The van der Waals surface area contributed by atoms with Gasteiger partial charge in [-0.1, -0.05) is 13.8 Å². The summed E-state index contributed by atoms with van der Waals surface area (Å²) in [5.74, 6) is -1.44. The van der Waals surface area contributed by atoms with Crippen LogP contribution in [0.1, 0.15) is 37.5 Å². The summed E-state index contributed by atoms with van der Waals surface area (Å²) in [4.78, 5) is 0. The van der Waals surface area contributed by atoms with Crippen molar-refractivity contribution in [1.29, 1.82) is 0 Å². The van der Waals surface area contributed by atoms with Gasteiger partial charge in [-0.05, 0) is 24.5 Å². The molecule has 0 fully saturated rings. The van der Waals surface area contributed by atoms with Crippen LogP contribution in [0.15, 0.2) is 16.7 Å². The molecule has 0 amide bonds. The fourth-order valence-corrected chi connectivity index (χ4v) is 1.36. The summed E-state index contributed by atoms with van der Waals surface area (Å²) < 4.78 is 42.3. The molecule has 1 atom stereocenters. The Labute approximate surface area is 80.9 Å². The molecule has 0 spiro atoms. The van der Waals surface area contributed by atoms with E-state index in [1.807, 2.05) is 6.92 Å². The van der Waals surface area contributed by atoms with Crippen molar-refractivity contribution in [2.24, 2.45) is 0 Å². The topological polar surface area (TPSA) is 13.1 Å². The molecule has 0 N–H and O–H groups in total. The highest BCUT2D eigenvalue weighted by molar-refractivity contribution is 5.17. The van der Waals surface area contributed by atoms with Gasteiger partial charge in [-0.3, -0.25) is 0 Å². The molecule has 0 bridgehead atoms. The molecule has 1 aromatic heterocycles. The Morgan fingerprint density at radius 1 is 1.36 bits per heavy atom. The number of halogens is 3. The highest BCUT2D eigenvalue weighted by atomic mass is 19.4. The molecule has 0 saturated heterocycles. The molecule has 0 radical (unpaired) electrons. The molecule has 80 valence electrons. The average Bonchev–Trinajstić information content (AvgIpc) is 2.51. The van der Waals surface area contributed by atoms with Gasteiger partial charge in [-0.15, -0.1) is 0 Å². The molecule has 4 heteroatoms. The SMILES string of the molecule is CCc1coc([C@H](CC)C(F)(F)F)c1. The highest BCUT2D eigenvalue weighted by Crippen LogP contribution is 2.37. The van der Waals surface area contributed by atoms with Gasteiger partial charge < -0.3 is 4.42 Å². The van der Waals surface area contributed by atoms with Gasteiger partial charge in [0.25, 0.3) is 0 Å². The molecule has 0 saturated carbocycles. The van der Waals surface area contributed by atoms with Crippen LogP contribution in [0.4, 0.5) is 13.2 Å². The van der Waals surface area contributed by atoms with E-state index in [9.17, 15) is 13.2 Å². The van der Waals surface area contributed by atoms with Crippen LogP contribution in [0, 0.1) is 0 Å². The lowest BCUT2D eigenvalue weighted by molar-refractivity contribution is -0.154. The Morgan fingerprint density at radius 2 is 2.00 bits per heavy atom. The van der Waals surface area contributed by atoms with Crippen molar-refractivity contribution >= 4 is 0 Å². The Bertz CT molecular complexity index is 288. The van der Waals surface area contributed by atoms with E-state index in [0.29, 0.717) is 6.42 Å². The monoisotopic (exact) mass is 206 g/mol. The smallest absolute Gasteiger partial charge is 0.398 e. The zero-order valence-corrected chi connectivity index (χ0v) is 8.19. The molecule has 0 unspecified atom stereocenters. The van der Waals surface area contributed by atoms with Crippen molar-refractivity contribution < 1.29 is 17.6 Å². The first-order valence-corrected chi connectivity index (χ1v) is 4.63.